The van der Waals surface area contributed by atoms with Crippen LogP contribution in [0.15, 0.2) is 0 Å². The molecule has 0 aromatic heterocycles. The zero-order valence-corrected chi connectivity index (χ0v) is 12.5. The van der Waals surface area contributed by atoms with E-state index in [4.69, 9.17) is 5.73 Å². The van der Waals surface area contributed by atoms with E-state index >= 15 is 0 Å². The number of carbonyl (C=O) groups excluding carboxylic acids is 1. The lowest BCUT2D eigenvalue weighted by Crippen LogP contribution is -2.48. The molecule has 0 radical (unpaired) electrons. The summed E-state index contributed by atoms with van der Waals surface area (Å²) in [5, 5.41) is 3.17. The molecule has 1 fully saturated rings. The Morgan fingerprint density at radius 1 is 1.44 bits per heavy atom. The zero-order chi connectivity index (χ0) is 13.9. The van der Waals surface area contributed by atoms with E-state index in [0.717, 1.165) is 25.8 Å². The second-order valence-corrected chi connectivity index (χ2v) is 6.73. The van der Waals surface area contributed by atoms with Gasteiger partial charge in [0.25, 0.3) is 0 Å². The van der Waals surface area contributed by atoms with Crippen molar-refractivity contribution in [2.45, 2.75) is 52.1 Å². The van der Waals surface area contributed by atoms with Gasteiger partial charge >= 0.3 is 0 Å². The Hall–Kier alpha value is -0.610. The topological polar surface area (TPSA) is 58.4 Å². The number of nitrogens with one attached hydrogen (secondary N) is 1. The lowest BCUT2D eigenvalue weighted by Gasteiger charge is -2.35. The van der Waals surface area contributed by atoms with Gasteiger partial charge in [0.15, 0.2) is 0 Å². The van der Waals surface area contributed by atoms with Gasteiger partial charge in [-0.3, -0.25) is 4.79 Å². The summed E-state index contributed by atoms with van der Waals surface area (Å²) in [6.45, 7) is 7.44. The average molecular weight is 255 g/mol. The molecule has 4 nitrogen and oxygen atoms in total. The van der Waals surface area contributed by atoms with Crippen LogP contribution in [-0.2, 0) is 4.79 Å². The zero-order valence-electron chi connectivity index (χ0n) is 12.5. The Balaban J connectivity index is 2.48. The lowest BCUT2D eigenvalue weighted by atomic mass is 9.84. The third-order valence-electron chi connectivity index (χ3n) is 4.10. The summed E-state index contributed by atoms with van der Waals surface area (Å²) in [5.74, 6) is 0.305. The maximum absolute atomic E-state index is 12.2. The molecule has 0 aromatic rings. The minimum Gasteiger partial charge on any atom is -0.353 e. The van der Waals surface area contributed by atoms with E-state index in [1.165, 1.54) is 0 Å². The fourth-order valence-corrected chi connectivity index (χ4v) is 2.73. The minimum absolute atomic E-state index is 0.0693. The van der Waals surface area contributed by atoms with Crippen LogP contribution in [-0.4, -0.2) is 43.5 Å². The second kappa shape index (κ2) is 6.02. The Kier molecular flexibility index (Phi) is 5.17. The van der Waals surface area contributed by atoms with E-state index in [1.54, 1.807) is 0 Å². The highest BCUT2D eigenvalue weighted by atomic mass is 16.1. The Morgan fingerprint density at radius 2 is 2.06 bits per heavy atom. The van der Waals surface area contributed by atoms with Crippen LogP contribution in [0.25, 0.3) is 0 Å². The second-order valence-electron chi connectivity index (χ2n) is 6.73. The Bertz CT molecular complexity index is 289. The normalized spacial score (nSPS) is 26.4. The maximum atomic E-state index is 12.2. The minimum atomic E-state index is 0.0693. The molecular weight excluding hydrogens is 226 g/mol. The van der Waals surface area contributed by atoms with Crippen LogP contribution in [0.1, 0.15) is 40.0 Å². The molecule has 0 aliphatic heterocycles. The highest BCUT2D eigenvalue weighted by Gasteiger charge is 2.32. The van der Waals surface area contributed by atoms with Gasteiger partial charge < -0.3 is 16.0 Å². The molecule has 1 rings (SSSR count). The molecule has 0 spiro atoms. The maximum Gasteiger partial charge on any atom is 0.223 e. The van der Waals surface area contributed by atoms with Gasteiger partial charge in [-0.25, -0.2) is 0 Å². The van der Waals surface area contributed by atoms with E-state index in [2.05, 4.69) is 45.1 Å². The van der Waals surface area contributed by atoms with Crippen molar-refractivity contribution < 1.29 is 4.79 Å². The molecule has 0 heterocycles. The number of hydrogen-bond acceptors (Lipinski definition) is 3. The molecule has 1 saturated carbocycles. The van der Waals surface area contributed by atoms with E-state index < -0.39 is 0 Å². The van der Waals surface area contributed by atoms with Crippen molar-refractivity contribution in [3.8, 4) is 0 Å². The fraction of sp³-hybridized carbons (Fsp3) is 0.929. The van der Waals surface area contributed by atoms with Crippen molar-refractivity contribution >= 4 is 5.91 Å². The van der Waals surface area contributed by atoms with Crippen molar-refractivity contribution in [2.75, 3.05) is 20.6 Å². The number of nitrogens with two attached hydrogens (primary N) is 1. The first-order chi connectivity index (χ1) is 8.22. The van der Waals surface area contributed by atoms with Crippen LogP contribution < -0.4 is 11.1 Å². The van der Waals surface area contributed by atoms with Gasteiger partial charge in [-0.2, -0.15) is 0 Å². The van der Waals surface area contributed by atoms with Crippen molar-refractivity contribution in [2.24, 2.45) is 17.1 Å². The van der Waals surface area contributed by atoms with E-state index in [9.17, 15) is 4.79 Å². The molecule has 106 valence electrons. The molecule has 4 heteroatoms. The lowest BCUT2D eigenvalue weighted by molar-refractivity contribution is -0.126. The summed E-state index contributed by atoms with van der Waals surface area (Å²) in [5.41, 5.74) is 5.93. The predicted molar refractivity (Wildman–Crippen MR) is 75.3 cm³/mol. The van der Waals surface area contributed by atoms with Gasteiger partial charge in [-0.15, -0.1) is 0 Å². The highest BCUT2D eigenvalue weighted by molar-refractivity contribution is 5.79. The molecule has 3 unspecified atom stereocenters. The summed E-state index contributed by atoms with van der Waals surface area (Å²) in [4.78, 5) is 14.3. The first kappa shape index (κ1) is 15.4. The summed E-state index contributed by atoms with van der Waals surface area (Å²) >= 11 is 0. The fourth-order valence-electron chi connectivity index (χ4n) is 2.73. The molecule has 1 amide bonds. The van der Waals surface area contributed by atoms with Crippen LogP contribution in [0.4, 0.5) is 0 Å². The van der Waals surface area contributed by atoms with E-state index in [0.29, 0.717) is 0 Å². The highest BCUT2D eigenvalue weighted by Crippen LogP contribution is 2.26. The molecule has 3 atom stereocenters. The number of hydrogen-bond donors (Lipinski definition) is 2. The first-order valence-electron chi connectivity index (χ1n) is 6.93. The van der Waals surface area contributed by atoms with Gasteiger partial charge in [-0.1, -0.05) is 13.8 Å². The van der Waals surface area contributed by atoms with Crippen LogP contribution in [0.3, 0.4) is 0 Å². The summed E-state index contributed by atoms with van der Waals surface area (Å²) in [6.07, 6.45) is 2.76. The third kappa shape index (κ3) is 4.25. The van der Waals surface area contributed by atoms with E-state index in [1.807, 2.05) is 0 Å². The first-order valence-corrected chi connectivity index (χ1v) is 6.93. The van der Waals surface area contributed by atoms with Gasteiger partial charge in [0.05, 0.1) is 0 Å². The van der Waals surface area contributed by atoms with Gasteiger partial charge in [0.2, 0.25) is 5.91 Å². The smallest absolute Gasteiger partial charge is 0.223 e. The largest absolute Gasteiger partial charge is 0.353 e. The SMILES string of the molecule is CC(NC(=O)C1CCC(N)C1)C(C)(C)CN(C)C. The molecule has 1 aliphatic carbocycles. The Labute approximate surface area is 111 Å². The van der Waals surface area contributed by atoms with Gasteiger partial charge in [0, 0.05) is 24.5 Å². The van der Waals surface area contributed by atoms with E-state index in [-0.39, 0.29) is 29.3 Å². The molecule has 3 N–H and O–H groups in total. The number of nitrogens with zero attached hydrogens (tertiary/aromatic N) is 1. The number of amides is 1. The monoisotopic (exact) mass is 255 g/mol. The van der Waals surface area contributed by atoms with Crippen molar-refractivity contribution in [1.82, 2.24) is 10.2 Å². The molecule has 18 heavy (non-hydrogen) atoms. The van der Waals surface area contributed by atoms with Crippen molar-refractivity contribution in [1.29, 1.82) is 0 Å². The van der Waals surface area contributed by atoms with Crippen LogP contribution in [0.2, 0.25) is 0 Å². The van der Waals surface area contributed by atoms with Crippen LogP contribution in [0, 0.1) is 11.3 Å². The third-order valence-corrected chi connectivity index (χ3v) is 4.10. The summed E-state index contributed by atoms with van der Waals surface area (Å²) in [6, 6.07) is 0.384. The summed E-state index contributed by atoms with van der Waals surface area (Å²) < 4.78 is 0. The Morgan fingerprint density at radius 3 is 2.50 bits per heavy atom. The van der Waals surface area contributed by atoms with Crippen molar-refractivity contribution in [3.63, 3.8) is 0 Å². The molecule has 0 aromatic carbocycles. The van der Waals surface area contributed by atoms with Crippen molar-refractivity contribution in [3.05, 3.63) is 0 Å². The predicted octanol–water partition coefficient (Wildman–Crippen LogP) is 1.21. The number of rotatable bonds is 5. The molecule has 0 bridgehead atoms. The quantitative estimate of drug-likeness (QED) is 0.776. The number of carbonyl (C=O) groups is 1. The molecular formula is C14H29N3O. The molecule has 1 aliphatic rings. The van der Waals surface area contributed by atoms with Gasteiger partial charge in [-0.05, 0) is 45.7 Å². The van der Waals surface area contributed by atoms with Crippen LogP contribution >= 0.6 is 0 Å². The van der Waals surface area contributed by atoms with Crippen LogP contribution in [0.5, 0.6) is 0 Å². The average Bonchev–Trinajstić information content (AvgIpc) is 2.62. The standard InChI is InChI=1S/C14H29N3O/c1-10(14(2,3)9-17(4)5)16-13(18)11-6-7-12(15)8-11/h10-12H,6-9,15H2,1-5H3,(H,16,18). The summed E-state index contributed by atoms with van der Waals surface area (Å²) in [7, 11) is 4.12. The molecule has 0 saturated heterocycles. The van der Waals surface area contributed by atoms with Gasteiger partial charge in [0.1, 0.15) is 0 Å².